The molecule has 2 aromatic carbocycles. The smallest absolute Gasteiger partial charge is 0.254 e. The largest absolute Gasteiger partial charge is 0.497 e. The van der Waals surface area contributed by atoms with Gasteiger partial charge < -0.3 is 19.5 Å². The van der Waals surface area contributed by atoms with Crippen molar-refractivity contribution in [2.45, 2.75) is 43.7 Å². The van der Waals surface area contributed by atoms with Crippen molar-refractivity contribution < 1.29 is 23.8 Å². The van der Waals surface area contributed by atoms with E-state index in [1.165, 1.54) is 12.1 Å². The lowest BCUT2D eigenvalue weighted by Gasteiger charge is -2.52. The number of likely N-dealkylation sites (tertiary alicyclic amines) is 1. The lowest BCUT2D eigenvalue weighted by Crippen LogP contribution is -2.56. The van der Waals surface area contributed by atoms with Crippen LogP contribution < -0.4 is 9.47 Å². The molecule has 160 valence electrons. The van der Waals surface area contributed by atoms with Crippen molar-refractivity contribution in [3.05, 3.63) is 59.4 Å². The van der Waals surface area contributed by atoms with Crippen LogP contribution in [-0.2, 0) is 0 Å². The molecule has 1 aliphatic carbocycles. The van der Waals surface area contributed by atoms with Crippen molar-refractivity contribution in [1.82, 2.24) is 4.90 Å². The molecule has 5 nitrogen and oxygen atoms in total. The van der Waals surface area contributed by atoms with E-state index in [1.807, 2.05) is 12.1 Å². The maximum Gasteiger partial charge on any atom is 0.254 e. The molecule has 0 bridgehead atoms. The minimum atomic E-state index is -0.813. The van der Waals surface area contributed by atoms with Gasteiger partial charge in [0.25, 0.3) is 5.91 Å². The fourth-order valence-electron chi connectivity index (χ4n) is 5.14. The van der Waals surface area contributed by atoms with Crippen LogP contribution in [0, 0.1) is 11.7 Å². The second-order valence-electron chi connectivity index (χ2n) is 8.27. The number of rotatable bonds is 4. The van der Waals surface area contributed by atoms with Crippen molar-refractivity contribution in [1.29, 1.82) is 0 Å². The molecule has 1 amide bonds. The van der Waals surface area contributed by atoms with Crippen LogP contribution in [0.2, 0.25) is 0 Å². The van der Waals surface area contributed by atoms with E-state index in [2.05, 4.69) is 0 Å². The molecule has 1 saturated carbocycles. The van der Waals surface area contributed by atoms with Crippen molar-refractivity contribution in [3.8, 4) is 11.5 Å². The highest BCUT2D eigenvalue weighted by molar-refractivity contribution is 5.94. The van der Waals surface area contributed by atoms with Crippen LogP contribution in [0.5, 0.6) is 11.5 Å². The number of hydrogen-bond donors (Lipinski definition) is 1. The number of piperidine rings is 1. The topological polar surface area (TPSA) is 59.0 Å². The average Bonchev–Trinajstić information content (AvgIpc) is 2.77. The summed E-state index contributed by atoms with van der Waals surface area (Å²) in [5.41, 5.74) is 0.342. The van der Waals surface area contributed by atoms with E-state index in [-0.39, 0.29) is 17.9 Å². The molecular weight excluding hydrogens is 385 g/mol. The molecule has 2 aromatic rings. The molecule has 1 aliphatic heterocycles. The number of carbonyl (C=O) groups is 1. The summed E-state index contributed by atoms with van der Waals surface area (Å²) < 4.78 is 24.8. The minimum absolute atomic E-state index is 0.111. The molecule has 1 heterocycles. The summed E-state index contributed by atoms with van der Waals surface area (Å²) in [6, 6.07) is 11.0. The van der Waals surface area contributed by atoms with Crippen LogP contribution in [0.25, 0.3) is 0 Å². The SMILES string of the molecule is COc1ccc([C@H]2[C@H]3CCCC[C@]3(O)CCN2C(=O)c2cccc(F)c2)c(OC)c1. The summed E-state index contributed by atoms with van der Waals surface area (Å²) in [6.07, 6.45) is 4.06. The van der Waals surface area contributed by atoms with Gasteiger partial charge in [0, 0.05) is 29.7 Å². The molecule has 1 saturated heterocycles. The molecule has 2 aliphatic rings. The number of hydrogen-bond acceptors (Lipinski definition) is 4. The van der Waals surface area contributed by atoms with Gasteiger partial charge in [0.1, 0.15) is 17.3 Å². The highest BCUT2D eigenvalue weighted by atomic mass is 19.1. The standard InChI is InChI=1S/C24H28FNO4/c1-29-18-9-10-19(21(15-18)30-2)22-20-8-3-4-11-24(20,28)12-13-26(22)23(27)16-6-5-7-17(25)14-16/h5-7,9-10,14-15,20,22,28H,3-4,8,11-13H2,1-2H3/t20-,22+,24+/m1/s1. The molecule has 6 heteroatoms. The van der Waals surface area contributed by atoms with Crippen LogP contribution in [0.4, 0.5) is 4.39 Å². The minimum Gasteiger partial charge on any atom is -0.497 e. The number of halogens is 1. The normalized spacial score (nSPS) is 26.1. The van der Waals surface area contributed by atoms with Crippen LogP contribution in [0.15, 0.2) is 42.5 Å². The number of amides is 1. The number of nitrogens with zero attached hydrogens (tertiary/aromatic N) is 1. The molecule has 30 heavy (non-hydrogen) atoms. The number of aliphatic hydroxyl groups is 1. The zero-order valence-corrected chi connectivity index (χ0v) is 17.4. The Kier molecular flexibility index (Phi) is 5.69. The van der Waals surface area contributed by atoms with E-state index in [0.29, 0.717) is 30.0 Å². The summed E-state index contributed by atoms with van der Waals surface area (Å²) in [5.74, 6) is 0.495. The summed E-state index contributed by atoms with van der Waals surface area (Å²) in [4.78, 5) is 15.2. The van der Waals surface area contributed by atoms with Crippen molar-refractivity contribution in [2.75, 3.05) is 20.8 Å². The summed E-state index contributed by atoms with van der Waals surface area (Å²) in [6.45, 7) is 0.405. The summed E-state index contributed by atoms with van der Waals surface area (Å²) in [5, 5.41) is 11.4. The predicted octanol–water partition coefficient (Wildman–Crippen LogP) is 4.35. The Balaban J connectivity index is 1.80. The van der Waals surface area contributed by atoms with Gasteiger partial charge in [-0.05, 0) is 49.6 Å². The van der Waals surface area contributed by atoms with Gasteiger partial charge in [0.2, 0.25) is 0 Å². The van der Waals surface area contributed by atoms with Crippen LogP contribution in [0.1, 0.15) is 54.1 Å². The van der Waals surface area contributed by atoms with Crippen molar-refractivity contribution >= 4 is 5.91 Å². The van der Waals surface area contributed by atoms with E-state index in [9.17, 15) is 14.3 Å². The predicted molar refractivity (Wildman–Crippen MR) is 111 cm³/mol. The van der Waals surface area contributed by atoms with E-state index >= 15 is 0 Å². The molecule has 0 spiro atoms. The Morgan fingerprint density at radius 1 is 1.13 bits per heavy atom. The Labute approximate surface area is 176 Å². The lowest BCUT2D eigenvalue weighted by atomic mass is 9.66. The third kappa shape index (κ3) is 3.65. The molecular formula is C24H28FNO4. The Hall–Kier alpha value is -2.60. The molecule has 0 aromatic heterocycles. The quantitative estimate of drug-likeness (QED) is 0.810. The fourth-order valence-corrected chi connectivity index (χ4v) is 5.14. The molecule has 0 unspecified atom stereocenters. The third-order valence-corrected chi connectivity index (χ3v) is 6.66. The first-order valence-corrected chi connectivity index (χ1v) is 10.5. The van der Waals surface area contributed by atoms with Gasteiger partial charge in [-0.15, -0.1) is 0 Å². The first kappa shape index (κ1) is 20.7. The van der Waals surface area contributed by atoms with Crippen molar-refractivity contribution in [2.24, 2.45) is 5.92 Å². The summed E-state index contributed by atoms with van der Waals surface area (Å²) in [7, 11) is 3.18. The van der Waals surface area contributed by atoms with E-state index in [1.54, 1.807) is 37.3 Å². The van der Waals surface area contributed by atoms with Crippen LogP contribution >= 0.6 is 0 Å². The van der Waals surface area contributed by atoms with Gasteiger partial charge in [0.15, 0.2) is 0 Å². The number of ether oxygens (including phenoxy) is 2. The van der Waals surface area contributed by atoms with Crippen molar-refractivity contribution in [3.63, 3.8) is 0 Å². The highest BCUT2D eigenvalue weighted by Crippen LogP contribution is 2.51. The second kappa shape index (κ2) is 8.26. The van der Waals surface area contributed by atoms with Gasteiger partial charge in [0.05, 0.1) is 25.9 Å². The third-order valence-electron chi connectivity index (χ3n) is 6.66. The van der Waals surface area contributed by atoms with Gasteiger partial charge in [-0.1, -0.05) is 18.9 Å². The van der Waals surface area contributed by atoms with E-state index in [4.69, 9.17) is 9.47 Å². The lowest BCUT2D eigenvalue weighted by molar-refractivity contribution is -0.115. The fraction of sp³-hybridized carbons (Fsp3) is 0.458. The highest BCUT2D eigenvalue weighted by Gasteiger charge is 2.51. The van der Waals surface area contributed by atoms with Crippen LogP contribution in [-0.4, -0.2) is 42.3 Å². The molecule has 4 rings (SSSR count). The molecule has 2 fully saturated rings. The number of fused-ring (bicyclic) bond motifs is 1. The first-order chi connectivity index (χ1) is 14.5. The first-order valence-electron chi connectivity index (χ1n) is 10.5. The maximum atomic E-state index is 13.8. The number of carbonyl (C=O) groups excluding carboxylic acids is 1. The Bertz CT molecular complexity index is 933. The average molecular weight is 413 g/mol. The molecule has 1 N–H and O–H groups in total. The Morgan fingerprint density at radius 2 is 1.97 bits per heavy atom. The zero-order valence-electron chi connectivity index (χ0n) is 17.4. The molecule has 3 atom stereocenters. The second-order valence-corrected chi connectivity index (χ2v) is 8.27. The van der Waals surface area contributed by atoms with Gasteiger partial charge in [-0.25, -0.2) is 4.39 Å². The zero-order chi connectivity index (χ0) is 21.3. The summed E-state index contributed by atoms with van der Waals surface area (Å²) >= 11 is 0. The van der Waals surface area contributed by atoms with Gasteiger partial charge in [-0.3, -0.25) is 4.79 Å². The van der Waals surface area contributed by atoms with Gasteiger partial charge >= 0.3 is 0 Å². The Morgan fingerprint density at radius 3 is 2.70 bits per heavy atom. The number of benzene rings is 2. The molecule has 0 radical (unpaired) electrons. The van der Waals surface area contributed by atoms with E-state index in [0.717, 1.165) is 31.2 Å². The van der Waals surface area contributed by atoms with Gasteiger partial charge in [-0.2, -0.15) is 0 Å². The van der Waals surface area contributed by atoms with E-state index < -0.39 is 11.4 Å². The monoisotopic (exact) mass is 413 g/mol. The number of methoxy groups -OCH3 is 2. The maximum absolute atomic E-state index is 13.8. The van der Waals surface area contributed by atoms with Crippen LogP contribution in [0.3, 0.4) is 0 Å².